The summed E-state index contributed by atoms with van der Waals surface area (Å²) in [4.78, 5) is 0. The quantitative estimate of drug-likeness (QED) is 0.0798. The van der Waals surface area contributed by atoms with E-state index in [0.717, 1.165) is 0 Å². The van der Waals surface area contributed by atoms with Crippen LogP contribution in [0.25, 0.3) is 11.4 Å². The molecule has 58 heavy (non-hydrogen) atoms. The van der Waals surface area contributed by atoms with Crippen LogP contribution in [0.5, 0.6) is 0 Å². The number of imidazole rings is 1. The summed E-state index contributed by atoms with van der Waals surface area (Å²) in [5.74, 6) is 1.84. The Morgan fingerprint density at radius 3 is 0.983 bits per heavy atom. The summed E-state index contributed by atoms with van der Waals surface area (Å²) in [5, 5.41) is 36.8. The Kier molecular flexibility index (Phi) is 48.5. The SMILES string of the molecule is CC#N.CC#N.CC#N.CC#N.CC#N.CC(C)c1cccc(C(C)C)c1-n1[c-][n+](-c2c(C(C)C)cccc2C(C)C)cc1.ClCCl.F[B-](F)(F)F.F[B-](F)(F)F.[Os+2]. The first kappa shape index (κ1) is 68.6. The zero-order valence-electron chi connectivity index (χ0n) is 35.1. The largest absolute Gasteiger partial charge is 2.00 e. The maximum absolute atomic E-state index is 9.75. The predicted octanol–water partition coefficient (Wildman–Crippen LogP) is 13.7. The Hall–Kier alpha value is -4.11. The number of nitriles is 5. The number of hydrogen-bond donors (Lipinski definition) is 0. The third kappa shape index (κ3) is 41.5. The van der Waals surface area contributed by atoms with Crippen LogP contribution in [0.2, 0.25) is 0 Å². The van der Waals surface area contributed by atoms with Crippen molar-refractivity contribution in [1.82, 2.24) is 4.57 Å². The second kappa shape index (κ2) is 41.1. The maximum atomic E-state index is 9.75. The van der Waals surface area contributed by atoms with E-state index in [1.807, 2.05) is 0 Å². The zero-order valence-corrected chi connectivity index (χ0v) is 39.1. The average Bonchev–Trinajstić information content (AvgIpc) is 3.54. The minimum absolute atomic E-state index is 0. The van der Waals surface area contributed by atoms with Crippen molar-refractivity contribution in [2.24, 2.45) is 0 Å². The third-order valence-corrected chi connectivity index (χ3v) is 5.75. The zero-order chi connectivity index (χ0) is 46.5. The smallest absolute Gasteiger partial charge is 0.418 e. The molecule has 0 fully saturated rings. The van der Waals surface area contributed by atoms with Gasteiger partial charge in [-0.2, -0.15) is 26.3 Å². The van der Waals surface area contributed by atoms with E-state index in [-0.39, 0.29) is 25.1 Å². The first-order chi connectivity index (χ1) is 26.2. The fourth-order valence-corrected chi connectivity index (χ4v) is 4.14. The minimum atomic E-state index is -6.00. The van der Waals surface area contributed by atoms with Gasteiger partial charge in [0.05, 0.1) is 47.1 Å². The topological polar surface area (TPSA) is 128 Å². The van der Waals surface area contributed by atoms with Crippen molar-refractivity contribution in [1.29, 1.82) is 26.3 Å². The molecule has 0 unspecified atom stereocenters. The Balaban J connectivity index is -0.000000147. The number of aromatic nitrogens is 2. The molecule has 0 amide bonds. The van der Waals surface area contributed by atoms with E-state index in [4.69, 9.17) is 49.5 Å². The van der Waals surface area contributed by atoms with Gasteiger partial charge in [-0.25, -0.2) is 0 Å². The van der Waals surface area contributed by atoms with Crippen LogP contribution in [0.4, 0.5) is 34.5 Å². The Morgan fingerprint density at radius 2 is 0.776 bits per heavy atom. The van der Waals surface area contributed by atoms with Crippen LogP contribution in [0.15, 0.2) is 48.8 Å². The molecule has 1 aromatic heterocycles. The molecule has 0 aliphatic carbocycles. The van der Waals surface area contributed by atoms with Gasteiger partial charge in [-0.15, -0.1) is 23.2 Å². The van der Waals surface area contributed by atoms with E-state index in [1.54, 1.807) is 30.3 Å². The molecule has 20 heteroatoms. The summed E-state index contributed by atoms with van der Waals surface area (Å²) in [7, 11) is -12.0. The summed E-state index contributed by atoms with van der Waals surface area (Å²) < 4.78 is 82.4. The fourth-order valence-electron chi connectivity index (χ4n) is 4.14. The molecule has 324 valence electrons. The number of benzene rings is 2. The van der Waals surface area contributed by atoms with Crippen molar-refractivity contribution in [3.05, 3.63) is 77.4 Å². The van der Waals surface area contributed by atoms with Gasteiger partial charge in [0.25, 0.3) is 6.33 Å². The normalized spacial score (nSPS) is 9.07. The van der Waals surface area contributed by atoms with Gasteiger partial charge in [-0.3, -0.25) is 9.13 Å². The maximum Gasteiger partial charge on any atom is 2.00 e. The molecule has 3 aromatic rings. The van der Waals surface area contributed by atoms with Crippen LogP contribution in [0.3, 0.4) is 0 Å². The van der Waals surface area contributed by atoms with Crippen molar-refractivity contribution in [2.75, 3.05) is 5.34 Å². The molecule has 7 nitrogen and oxygen atoms in total. The number of nitrogens with zero attached hydrogens (tertiary/aromatic N) is 7. The first-order valence-electron chi connectivity index (χ1n) is 16.9. The van der Waals surface area contributed by atoms with Crippen LogP contribution in [-0.4, -0.2) is 24.4 Å². The van der Waals surface area contributed by atoms with Gasteiger partial charge in [0, 0.05) is 47.0 Å². The van der Waals surface area contributed by atoms with Crippen molar-refractivity contribution in [3.63, 3.8) is 0 Å². The summed E-state index contributed by atoms with van der Waals surface area (Å²) in [6.07, 6.45) is 7.98. The Bertz CT molecular complexity index is 1460. The van der Waals surface area contributed by atoms with Crippen LogP contribution in [0, 0.1) is 63.0 Å². The standard InChI is InChI=1S/C27H36N2.5C2H3N.CH2Cl2.2BF4.Os/c1-18(2)22-11-9-12-23(19(3)4)26(22)28-15-16-29(17-28)27-24(20(5)6)13-10-14-25(27)21(7)8;5*1-2-3;2-1-3;2*2-1(3,4)5;/h9-16,18-21H,1-8H3;5*1H3;1H2;;;/q;;;;;;;2*-1;+2. The Morgan fingerprint density at radius 1 is 0.569 bits per heavy atom. The second-order valence-corrected chi connectivity index (χ2v) is 12.3. The van der Waals surface area contributed by atoms with Crippen LogP contribution in [0.1, 0.15) is 136 Å². The molecular weight excluding hydrogens is 989 g/mol. The molecule has 0 spiro atoms. The van der Waals surface area contributed by atoms with E-state index in [2.05, 4.69) is 120 Å². The number of alkyl halides is 2. The number of hydrogen-bond acceptors (Lipinski definition) is 5. The number of halogens is 10. The summed E-state index contributed by atoms with van der Waals surface area (Å²) in [5.41, 5.74) is 8.05. The van der Waals surface area contributed by atoms with E-state index >= 15 is 0 Å². The summed E-state index contributed by atoms with van der Waals surface area (Å²) >= 11 is 9.53. The van der Waals surface area contributed by atoms with Gasteiger partial charge in [0.1, 0.15) is 0 Å². The van der Waals surface area contributed by atoms with E-state index < -0.39 is 14.5 Å². The van der Waals surface area contributed by atoms with E-state index in [0.29, 0.717) is 23.7 Å². The monoisotopic (exact) mass is 1040 g/mol. The van der Waals surface area contributed by atoms with Gasteiger partial charge in [-0.05, 0) is 45.9 Å². The summed E-state index contributed by atoms with van der Waals surface area (Å²) in [6, 6.07) is 22.2. The third-order valence-electron chi connectivity index (χ3n) is 5.75. The fraction of sp³-hybridized carbons (Fsp3) is 0.474. The minimum Gasteiger partial charge on any atom is -0.418 e. The molecule has 0 aliphatic rings. The molecule has 1 heterocycles. The van der Waals surface area contributed by atoms with Crippen molar-refractivity contribution in [3.8, 4) is 41.7 Å². The molecule has 0 N–H and O–H groups in total. The summed E-state index contributed by atoms with van der Waals surface area (Å²) in [6.45, 7) is 25.3. The Labute approximate surface area is 364 Å². The molecule has 0 saturated carbocycles. The second-order valence-electron chi connectivity index (χ2n) is 11.5. The van der Waals surface area contributed by atoms with Gasteiger partial charge in [-0.1, -0.05) is 91.8 Å². The van der Waals surface area contributed by atoms with Gasteiger partial charge >= 0.3 is 34.3 Å². The molecule has 0 bridgehead atoms. The molecule has 0 radical (unpaired) electrons. The van der Waals surface area contributed by atoms with Gasteiger partial charge < -0.3 is 34.5 Å². The number of rotatable bonds is 6. The van der Waals surface area contributed by atoms with E-state index in [9.17, 15) is 34.5 Å². The average molecular weight is 1040 g/mol. The molecule has 3 rings (SSSR count). The van der Waals surface area contributed by atoms with Crippen molar-refractivity contribution >= 4 is 37.7 Å². The van der Waals surface area contributed by atoms with Gasteiger partial charge in [0.15, 0.2) is 0 Å². The molecule has 2 aromatic carbocycles. The van der Waals surface area contributed by atoms with Crippen molar-refractivity contribution in [2.45, 2.75) is 114 Å². The molecule has 0 atom stereocenters. The van der Waals surface area contributed by atoms with Gasteiger partial charge in [0.2, 0.25) is 0 Å². The molecule has 0 aliphatic heterocycles. The van der Waals surface area contributed by atoms with Crippen LogP contribution in [-0.2, 0) is 19.8 Å². The van der Waals surface area contributed by atoms with Crippen LogP contribution >= 0.6 is 23.2 Å². The molecule has 0 saturated heterocycles. The first-order valence-corrected chi connectivity index (χ1v) is 18.0. The van der Waals surface area contributed by atoms with Crippen LogP contribution < -0.4 is 4.57 Å². The number of para-hydroxylation sites is 2. The molecular formula is C38H53B2Cl2F8N7Os. The van der Waals surface area contributed by atoms with E-state index in [1.165, 1.54) is 68.2 Å². The van der Waals surface area contributed by atoms with Crippen molar-refractivity contribution < 1.29 is 58.9 Å². The predicted molar refractivity (Wildman–Crippen MR) is 216 cm³/mol.